The van der Waals surface area contributed by atoms with Gasteiger partial charge in [0, 0.05) is 23.3 Å². The van der Waals surface area contributed by atoms with Gasteiger partial charge < -0.3 is 0 Å². The Hall–Kier alpha value is -1.42. The summed E-state index contributed by atoms with van der Waals surface area (Å²) in [5.74, 6) is 0. The van der Waals surface area contributed by atoms with Gasteiger partial charge in [-0.15, -0.1) is 0 Å². The number of benzene rings is 1. The van der Waals surface area contributed by atoms with Gasteiger partial charge in [0.2, 0.25) is 0 Å². The summed E-state index contributed by atoms with van der Waals surface area (Å²) in [6, 6.07) is 7.79. The summed E-state index contributed by atoms with van der Waals surface area (Å²) in [7, 11) is 1.80. The number of hydrogen-bond acceptors (Lipinski definition) is 2. The summed E-state index contributed by atoms with van der Waals surface area (Å²) in [5.41, 5.74) is 2.31. The molecule has 4 heteroatoms. The first-order valence-corrected chi connectivity index (χ1v) is 5.25. The number of carbonyl (C=O) groups excluding carboxylic acids is 1. The van der Waals surface area contributed by atoms with E-state index < -0.39 is 0 Å². The predicted molar refractivity (Wildman–Crippen MR) is 61.7 cm³/mol. The highest BCUT2D eigenvalue weighted by Crippen LogP contribution is 2.24. The standard InChI is InChI=1S/C11H9BrN2O/c1-14-6-10(11(7-15)13-14)8-3-2-4-9(12)5-8/h2-7H,1H3. The molecule has 0 amide bonds. The molecule has 0 fully saturated rings. The number of halogens is 1. The molecule has 0 N–H and O–H groups in total. The van der Waals surface area contributed by atoms with Crippen molar-refractivity contribution in [2.45, 2.75) is 0 Å². The van der Waals surface area contributed by atoms with Crippen LogP contribution in [0.4, 0.5) is 0 Å². The van der Waals surface area contributed by atoms with Crippen molar-refractivity contribution in [3.05, 3.63) is 40.6 Å². The Morgan fingerprint density at radius 1 is 1.47 bits per heavy atom. The molecule has 0 saturated heterocycles. The van der Waals surface area contributed by atoms with Crippen molar-refractivity contribution in [3.8, 4) is 11.1 Å². The summed E-state index contributed by atoms with van der Waals surface area (Å²) >= 11 is 3.40. The van der Waals surface area contributed by atoms with Crippen molar-refractivity contribution >= 4 is 22.2 Å². The van der Waals surface area contributed by atoms with E-state index in [1.54, 1.807) is 11.7 Å². The van der Waals surface area contributed by atoms with Gasteiger partial charge >= 0.3 is 0 Å². The molecule has 0 aliphatic rings. The van der Waals surface area contributed by atoms with Crippen molar-refractivity contribution in [1.29, 1.82) is 0 Å². The predicted octanol–water partition coefficient (Wildman–Crippen LogP) is 2.66. The minimum atomic E-state index is 0.468. The molecular weight excluding hydrogens is 256 g/mol. The van der Waals surface area contributed by atoms with Gasteiger partial charge in [-0.05, 0) is 17.7 Å². The Morgan fingerprint density at radius 3 is 2.93 bits per heavy atom. The summed E-state index contributed by atoms with van der Waals surface area (Å²) in [5, 5.41) is 4.07. The maximum atomic E-state index is 10.8. The van der Waals surface area contributed by atoms with E-state index in [2.05, 4.69) is 21.0 Å². The first kappa shape index (κ1) is 10.1. The van der Waals surface area contributed by atoms with Crippen LogP contribution >= 0.6 is 15.9 Å². The number of aryl methyl sites for hydroxylation is 1. The van der Waals surface area contributed by atoms with E-state index in [0.717, 1.165) is 21.9 Å². The van der Waals surface area contributed by atoms with Gasteiger partial charge in [-0.3, -0.25) is 9.48 Å². The van der Waals surface area contributed by atoms with Crippen LogP contribution < -0.4 is 0 Å². The monoisotopic (exact) mass is 264 g/mol. The van der Waals surface area contributed by atoms with Crippen LogP contribution in [0.1, 0.15) is 10.5 Å². The first-order chi connectivity index (χ1) is 7.20. The van der Waals surface area contributed by atoms with E-state index in [4.69, 9.17) is 0 Å². The van der Waals surface area contributed by atoms with Crippen LogP contribution in [0.5, 0.6) is 0 Å². The number of hydrogen-bond donors (Lipinski definition) is 0. The quantitative estimate of drug-likeness (QED) is 0.782. The SMILES string of the molecule is Cn1cc(-c2cccc(Br)c2)c(C=O)n1. The summed E-state index contributed by atoms with van der Waals surface area (Å²) < 4.78 is 2.63. The van der Waals surface area contributed by atoms with Gasteiger partial charge in [-0.25, -0.2) is 0 Å². The molecule has 1 heterocycles. The van der Waals surface area contributed by atoms with Crippen LogP contribution in [0.3, 0.4) is 0 Å². The number of rotatable bonds is 2. The molecular formula is C11H9BrN2O. The Labute approximate surface area is 95.9 Å². The molecule has 0 aliphatic heterocycles. The maximum Gasteiger partial charge on any atom is 0.170 e. The van der Waals surface area contributed by atoms with E-state index in [-0.39, 0.29) is 0 Å². The van der Waals surface area contributed by atoms with Crippen LogP contribution in [0.15, 0.2) is 34.9 Å². The molecule has 76 valence electrons. The zero-order valence-corrected chi connectivity index (χ0v) is 9.73. The molecule has 2 rings (SSSR count). The molecule has 0 atom stereocenters. The second-order valence-corrected chi connectivity index (χ2v) is 4.15. The second-order valence-electron chi connectivity index (χ2n) is 3.23. The van der Waals surface area contributed by atoms with Gasteiger partial charge in [0.05, 0.1) is 0 Å². The molecule has 0 saturated carbocycles. The Bertz CT molecular complexity index is 505. The van der Waals surface area contributed by atoms with Crippen LogP contribution in [0.25, 0.3) is 11.1 Å². The Kier molecular flexibility index (Phi) is 2.68. The van der Waals surface area contributed by atoms with E-state index in [0.29, 0.717) is 5.69 Å². The van der Waals surface area contributed by atoms with Crippen LogP contribution in [0, 0.1) is 0 Å². The van der Waals surface area contributed by atoms with Gasteiger partial charge in [-0.1, -0.05) is 28.1 Å². The molecule has 1 aromatic carbocycles. The smallest absolute Gasteiger partial charge is 0.170 e. The minimum absolute atomic E-state index is 0.468. The lowest BCUT2D eigenvalue weighted by Gasteiger charge is -1.98. The average Bonchev–Trinajstić information content (AvgIpc) is 2.59. The molecule has 0 unspecified atom stereocenters. The second kappa shape index (κ2) is 3.98. The van der Waals surface area contributed by atoms with Crippen molar-refractivity contribution in [3.63, 3.8) is 0 Å². The van der Waals surface area contributed by atoms with Crippen LogP contribution in [0.2, 0.25) is 0 Å². The molecule has 0 bridgehead atoms. The highest BCUT2D eigenvalue weighted by atomic mass is 79.9. The van der Waals surface area contributed by atoms with E-state index in [1.807, 2.05) is 30.5 Å². The molecule has 2 aromatic rings. The summed E-state index contributed by atoms with van der Waals surface area (Å²) in [4.78, 5) is 10.8. The van der Waals surface area contributed by atoms with Crippen molar-refractivity contribution < 1.29 is 4.79 Å². The largest absolute Gasteiger partial charge is 0.296 e. The molecule has 0 radical (unpaired) electrons. The van der Waals surface area contributed by atoms with E-state index in [9.17, 15) is 4.79 Å². The van der Waals surface area contributed by atoms with Crippen molar-refractivity contribution in [2.24, 2.45) is 7.05 Å². The third-order valence-electron chi connectivity index (χ3n) is 2.10. The fourth-order valence-electron chi connectivity index (χ4n) is 1.47. The third-order valence-corrected chi connectivity index (χ3v) is 2.60. The number of aldehydes is 1. The zero-order chi connectivity index (χ0) is 10.8. The number of nitrogens with zero attached hydrogens (tertiary/aromatic N) is 2. The van der Waals surface area contributed by atoms with Crippen LogP contribution in [-0.4, -0.2) is 16.1 Å². The molecule has 0 spiro atoms. The summed E-state index contributed by atoms with van der Waals surface area (Å²) in [6.07, 6.45) is 2.61. The van der Waals surface area contributed by atoms with E-state index >= 15 is 0 Å². The maximum absolute atomic E-state index is 10.8. The average molecular weight is 265 g/mol. The molecule has 1 aromatic heterocycles. The molecule has 15 heavy (non-hydrogen) atoms. The van der Waals surface area contributed by atoms with Gasteiger partial charge in [0.1, 0.15) is 5.69 Å². The topological polar surface area (TPSA) is 34.9 Å². The normalized spacial score (nSPS) is 10.3. The Balaban J connectivity index is 2.57. The Morgan fingerprint density at radius 2 is 2.27 bits per heavy atom. The van der Waals surface area contributed by atoms with Crippen molar-refractivity contribution in [1.82, 2.24) is 9.78 Å². The van der Waals surface area contributed by atoms with Gasteiger partial charge in [0.15, 0.2) is 6.29 Å². The zero-order valence-electron chi connectivity index (χ0n) is 8.14. The fourth-order valence-corrected chi connectivity index (χ4v) is 1.87. The molecule has 0 aliphatic carbocycles. The minimum Gasteiger partial charge on any atom is -0.296 e. The number of carbonyl (C=O) groups is 1. The van der Waals surface area contributed by atoms with Gasteiger partial charge in [0.25, 0.3) is 0 Å². The lowest BCUT2D eigenvalue weighted by molar-refractivity contribution is 0.111. The van der Waals surface area contributed by atoms with E-state index in [1.165, 1.54) is 0 Å². The lowest BCUT2D eigenvalue weighted by atomic mass is 10.1. The fraction of sp³-hybridized carbons (Fsp3) is 0.0909. The third kappa shape index (κ3) is 1.99. The summed E-state index contributed by atoms with van der Waals surface area (Å²) in [6.45, 7) is 0. The highest BCUT2D eigenvalue weighted by molar-refractivity contribution is 9.10. The first-order valence-electron chi connectivity index (χ1n) is 4.45. The highest BCUT2D eigenvalue weighted by Gasteiger charge is 2.08. The molecule has 3 nitrogen and oxygen atoms in total. The number of aromatic nitrogens is 2. The van der Waals surface area contributed by atoms with Crippen molar-refractivity contribution in [2.75, 3.05) is 0 Å². The van der Waals surface area contributed by atoms with Gasteiger partial charge in [-0.2, -0.15) is 5.10 Å². The lowest BCUT2D eigenvalue weighted by Crippen LogP contribution is -1.89. The van der Waals surface area contributed by atoms with Crippen LogP contribution in [-0.2, 0) is 7.05 Å².